The minimum Gasteiger partial charge on any atom is -0.493 e. The molecule has 0 aliphatic rings. The number of rotatable bonds is 5. The molecule has 18 heavy (non-hydrogen) atoms. The van der Waals surface area contributed by atoms with Gasteiger partial charge in [-0.2, -0.15) is 0 Å². The highest BCUT2D eigenvalue weighted by atomic mass is 16.5. The fraction of sp³-hybridized carbons (Fsp3) is 0.235. The normalized spacial score (nSPS) is 10.6. The van der Waals surface area contributed by atoms with Gasteiger partial charge in [-0.1, -0.05) is 56.3 Å². The molecule has 0 fully saturated rings. The molecule has 0 saturated carbocycles. The summed E-state index contributed by atoms with van der Waals surface area (Å²) < 4.78 is 5.63. The predicted octanol–water partition coefficient (Wildman–Crippen LogP) is 4.44. The van der Waals surface area contributed by atoms with Gasteiger partial charge in [0.15, 0.2) is 0 Å². The molecule has 93 valence electrons. The van der Waals surface area contributed by atoms with Gasteiger partial charge in [-0.25, -0.2) is 0 Å². The van der Waals surface area contributed by atoms with E-state index in [0.29, 0.717) is 12.5 Å². The molecule has 0 saturated heterocycles. The second-order valence-corrected chi connectivity index (χ2v) is 4.65. The quantitative estimate of drug-likeness (QED) is 0.749. The molecule has 0 bridgehead atoms. The van der Waals surface area contributed by atoms with Gasteiger partial charge >= 0.3 is 0 Å². The van der Waals surface area contributed by atoms with E-state index < -0.39 is 0 Å². The first-order chi connectivity index (χ1) is 8.75. The summed E-state index contributed by atoms with van der Waals surface area (Å²) in [5.74, 6) is 1.49. The monoisotopic (exact) mass is 239 g/mol. The molecule has 1 radical (unpaired) electrons. The zero-order valence-electron chi connectivity index (χ0n) is 11.0. The van der Waals surface area contributed by atoms with Crippen LogP contribution in [0.15, 0.2) is 54.6 Å². The summed E-state index contributed by atoms with van der Waals surface area (Å²) in [6.45, 7) is 5.01. The molecule has 2 rings (SSSR count). The molecule has 1 heteroatoms. The third-order valence-electron chi connectivity index (χ3n) is 2.92. The lowest BCUT2D eigenvalue weighted by Gasteiger charge is -2.08. The molecule has 0 atom stereocenters. The van der Waals surface area contributed by atoms with Crippen molar-refractivity contribution < 1.29 is 4.74 Å². The van der Waals surface area contributed by atoms with Crippen LogP contribution in [0.4, 0.5) is 0 Å². The first-order valence-electron chi connectivity index (χ1n) is 6.37. The maximum atomic E-state index is 5.63. The Kier molecular flexibility index (Phi) is 4.40. The summed E-state index contributed by atoms with van der Waals surface area (Å²) in [5.41, 5.74) is 2.58. The highest BCUT2D eigenvalue weighted by Gasteiger charge is 1.99. The van der Waals surface area contributed by atoms with E-state index in [1.807, 2.05) is 30.3 Å². The first kappa shape index (κ1) is 12.7. The van der Waals surface area contributed by atoms with Crippen molar-refractivity contribution in [2.45, 2.75) is 19.8 Å². The third-order valence-corrected chi connectivity index (χ3v) is 2.92. The fourth-order valence-corrected chi connectivity index (χ4v) is 1.77. The number of benzene rings is 2. The summed E-state index contributed by atoms with van der Waals surface area (Å²) in [5, 5.41) is 0. The van der Waals surface area contributed by atoms with Crippen LogP contribution in [0.3, 0.4) is 0 Å². The Hall–Kier alpha value is -1.76. The zero-order valence-corrected chi connectivity index (χ0v) is 11.0. The van der Waals surface area contributed by atoms with Gasteiger partial charge in [0.25, 0.3) is 0 Å². The summed E-state index contributed by atoms with van der Waals surface area (Å²) in [4.78, 5) is 0. The number of para-hydroxylation sites is 1. The third kappa shape index (κ3) is 3.63. The molecule has 2 aromatic carbocycles. The standard InChI is InChI=1S/C17H19O/c1-14(2)16-10-8-15(9-11-16)12-13-18-17-6-4-3-5-7-17/h3-12,14H,13H2,1-2H3. The molecule has 2 aromatic rings. The SMILES string of the molecule is CC(C)c1ccc([CH]COc2ccccc2)cc1. The van der Waals surface area contributed by atoms with Crippen LogP contribution in [-0.2, 0) is 0 Å². The molecular weight excluding hydrogens is 220 g/mol. The summed E-state index contributed by atoms with van der Waals surface area (Å²) in [6, 6.07) is 18.5. The Morgan fingerprint density at radius 1 is 0.944 bits per heavy atom. The minimum absolute atomic E-state index is 0.583. The number of ether oxygens (including phenoxy) is 1. The second kappa shape index (κ2) is 6.25. The highest BCUT2D eigenvalue weighted by molar-refractivity contribution is 5.29. The maximum absolute atomic E-state index is 5.63. The van der Waals surface area contributed by atoms with Crippen molar-refractivity contribution in [3.63, 3.8) is 0 Å². The Balaban J connectivity index is 1.83. The van der Waals surface area contributed by atoms with E-state index in [2.05, 4.69) is 44.5 Å². The topological polar surface area (TPSA) is 9.23 Å². The van der Waals surface area contributed by atoms with Crippen LogP contribution < -0.4 is 4.74 Å². The highest BCUT2D eigenvalue weighted by Crippen LogP contribution is 2.16. The van der Waals surface area contributed by atoms with Crippen LogP contribution >= 0.6 is 0 Å². The Labute approximate surface area is 109 Å². The molecular formula is C17H19O. The van der Waals surface area contributed by atoms with Crippen LogP contribution in [0.25, 0.3) is 0 Å². The Morgan fingerprint density at radius 2 is 1.61 bits per heavy atom. The zero-order chi connectivity index (χ0) is 12.8. The predicted molar refractivity (Wildman–Crippen MR) is 75.9 cm³/mol. The Bertz CT molecular complexity index is 457. The van der Waals surface area contributed by atoms with Gasteiger partial charge in [-0.05, 0) is 29.2 Å². The van der Waals surface area contributed by atoms with Crippen LogP contribution in [0.5, 0.6) is 5.75 Å². The molecule has 0 spiro atoms. The van der Waals surface area contributed by atoms with Crippen molar-refractivity contribution in [2.24, 2.45) is 0 Å². The van der Waals surface area contributed by atoms with Crippen molar-refractivity contribution in [1.29, 1.82) is 0 Å². The van der Waals surface area contributed by atoms with E-state index in [-0.39, 0.29) is 0 Å². The average Bonchev–Trinajstić information content (AvgIpc) is 2.40. The summed E-state index contributed by atoms with van der Waals surface area (Å²) in [7, 11) is 0. The van der Waals surface area contributed by atoms with Crippen molar-refractivity contribution in [2.75, 3.05) is 6.61 Å². The van der Waals surface area contributed by atoms with Gasteiger partial charge in [0.1, 0.15) is 5.75 Å². The van der Waals surface area contributed by atoms with E-state index >= 15 is 0 Å². The van der Waals surface area contributed by atoms with Crippen molar-refractivity contribution >= 4 is 0 Å². The number of hydrogen-bond donors (Lipinski definition) is 0. The maximum Gasteiger partial charge on any atom is 0.119 e. The molecule has 0 aromatic heterocycles. The Morgan fingerprint density at radius 3 is 2.22 bits per heavy atom. The first-order valence-corrected chi connectivity index (χ1v) is 6.37. The van der Waals surface area contributed by atoms with E-state index in [4.69, 9.17) is 4.74 Å². The van der Waals surface area contributed by atoms with E-state index in [0.717, 1.165) is 5.75 Å². The smallest absolute Gasteiger partial charge is 0.119 e. The lowest BCUT2D eigenvalue weighted by atomic mass is 10.0. The van der Waals surface area contributed by atoms with Gasteiger partial charge in [0.05, 0.1) is 6.61 Å². The van der Waals surface area contributed by atoms with E-state index in [9.17, 15) is 0 Å². The molecule has 0 N–H and O–H groups in total. The molecule has 0 unspecified atom stereocenters. The van der Waals surface area contributed by atoms with Gasteiger partial charge in [-0.3, -0.25) is 0 Å². The van der Waals surface area contributed by atoms with Gasteiger partial charge in [0, 0.05) is 6.42 Å². The molecule has 1 nitrogen and oxygen atoms in total. The van der Waals surface area contributed by atoms with Gasteiger partial charge in [-0.15, -0.1) is 0 Å². The largest absolute Gasteiger partial charge is 0.493 e. The van der Waals surface area contributed by atoms with Crippen molar-refractivity contribution in [3.8, 4) is 5.75 Å². The molecule has 0 aliphatic heterocycles. The van der Waals surface area contributed by atoms with Gasteiger partial charge < -0.3 is 4.74 Å². The molecule has 0 aliphatic carbocycles. The van der Waals surface area contributed by atoms with Crippen LogP contribution in [0.2, 0.25) is 0 Å². The summed E-state index contributed by atoms with van der Waals surface area (Å²) >= 11 is 0. The summed E-state index contributed by atoms with van der Waals surface area (Å²) in [6.07, 6.45) is 2.09. The van der Waals surface area contributed by atoms with Crippen LogP contribution in [0.1, 0.15) is 30.9 Å². The lowest BCUT2D eigenvalue weighted by Crippen LogP contribution is -1.99. The number of hydrogen-bond acceptors (Lipinski definition) is 1. The van der Waals surface area contributed by atoms with Crippen molar-refractivity contribution in [3.05, 3.63) is 72.1 Å². The van der Waals surface area contributed by atoms with Gasteiger partial charge in [0.2, 0.25) is 0 Å². The molecule has 0 heterocycles. The van der Waals surface area contributed by atoms with Crippen LogP contribution in [0, 0.1) is 6.42 Å². The average molecular weight is 239 g/mol. The minimum atomic E-state index is 0.583. The second-order valence-electron chi connectivity index (χ2n) is 4.65. The molecule has 0 amide bonds. The van der Waals surface area contributed by atoms with E-state index in [1.165, 1.54) is 11.1 Å². The van der Waals surface area contributed by atoms with Crippen LogP contribution in [-0.4, -0.2) is 6.61 Å². The van der Waals surface area contributed by atoms with E-state index in [1.54, 1.807) is 0 Å². The fourth-order valence-electron chi connectivity index (χ4n) is 1.77. The van der Waals surface area contributed by atoms with Crippen molar-refractivity contribution in [1.82, 2.24) is 0 Å². The lowest BCUT2D eigenvalue weighted by molar-refractivity contribution is 0.352.